The van der Waals surface area contributed by atoms with Crippen LogP contribution in [0.15, 0.2) is 6.33 Å². The number of nitrogens with two attached hydrogens (primary N) is 1. The maximum absolute atomic E-state index is 12.0. The number of methoxy groups -OCH3 is 1. The van der Waals surface area contributed by atoms with Gasteiger partial charge in [0, 0.05) is 7.05 Å². The number of anilines is 2. The molecule has 14 heteroatoms. The number of esters is 1. The number of hydrogen-bond donors (Lipinski definition) is 3. The van der Waals surface area contributed by atoms with Crippen molar-refractivity contribution >= 4 is 48.7 Å². The molecule has 0 bridgehead atoms. The van der Waals surface area contributed by atoms with Crippen molar-refractivity contribution in [3.05, 3.63) is 6.33 Å². The fourth-order valence-corrected chi connectivity index (χ4v) is 4.10. The Hall–Kier alpha value is -2.11. The average Bonchev–Trinajstić information content (AvgIpc) is 3.27. The molecule has 0 radical (unpaired) electrons. The van der Waals surface area contributed by atoms with Gasteiger partial charge >= 0.3 is 14.1 Å². The normalized spacial score (nSPS) is 23.2. The SMILES string of the molecule is CNc1nc(N)nc2c1ncn2C1OC(CO[P+](=O)NC(C)C(=O)OC)CC1Cl. The van der Waals surface area contributed by atoms with Crippen LogP contribution < -0.4 is 16.1 Å². The van der Waals surface area contributed by atoms with Gasteiger partial charge in [-0.25, -0.2) is 4.98 Å². The van der Waals surface area contributed by atoms with Crippen molar-refractivity contribution < 1.29 is 23.4 Å². The first-order valence-electron chi connectivity index (χ1n) is 8.75. The van der Waals surface area contributed by atoms with E-state index in [4.69, 9.17) is 26.6 Å². The third kappa shape index (κ3) is 4.73. The molecule has 29 heavy (non-hydrogen) atoms. The molecule has 158 valence electrons. The van der Waals surface area contributed by atoms with Gasteiger partial charge < -0.3 is 20.5 Å². The lowest BCUT2D eigenvalue weighted by molar-refractivity contribution is -0.142. The Morgan fingerprint density at radius 3 is 3.00 bits per heavy atom. The number of carbonyl (C=O) groups is 1. The van der Waals surface area contributed by atoms with Gasteiger partial charge in [0.15, 0.2) is 23.2 Å². The van der Waals surface area contributed by atoms with E-state index in [1.54, 1.807) is 17.9 Å². The van der Waals surface area contributed by atoms with Crippen molar-refractivity contribution in [3.63, 3.8) is 0 Å². The summed E-state index contributed by atoms with van der Waals surface area (Å²) >= 11 is 6.47. The van der Waals surface area contributed by atoms with E-state index in [0.717, 1.165) is 0 Å². The molecule has 0 amide bonds. The van der Waals surface area contributed by atoms with Crippen LogP contribution >= 0.6 is 19.8 Å². The number of hydrogen-bond acceptors (Lipinski definition) is 10. The highest BCUT2D eigenvalue weighted by molar-refractivity contribution is 7.36. The zero-order valence-corrected chi connectivity index (χ0v) is 17.7. The Morgan fingerprint density at radius 2 is 2.31 bits per heavy atom. The molecule has 4 N–H and O–H groups in total. The number of alkyl halides is 1. The van der Waals surface area contributed by atoms with Crippen LogP contribution in [0, 0.1) is 0 Å². The smallest absolute Gasteiger partial charge is 0.468 e. The highest BCUT2D eigenvalue weighted by Gasteiger charge is 2.38. The summed E-state index contributed by atoms with van der Waals surface area (Å²) in [5.74, 6) is 0.0533. The van der Waals surface area contributed by atoms with E-state index in [1.807, 2.05) is 0 Å². The quantitative estimate of drug-likeness (QED) is 0.304. The van der Waals surface area contributed by atoms with Crippen LogP contribution in [0.3, 0.4) is 0 Å². The summed E-state index contributed by atoms with van der Waals surface area (Å²) in [6.45, 7) is 1.55. The zero-order chi connectivity index (χ0) is 21.1. The van der Waals surface area contributed by atoms with Crippen LogP contribution in [-0.4, -0.2) is 63.8 Å². The van der Waals surface area contributed by atoms with Crippen LogP contribution in [-0.2, 0) is 23.4 Å². The third-order valence-electron chi connectivity index (χ3n) is 4.31. The Labute approximate surface area is 172 Å². The molecule has 3 heterocycles. The number of ether oxygens (including phenoxy) is 2. The lowest BCUT2D eigenvalue weighted by Gasteiger charge is -2.16. The maximum Gasteiger partial charge on any atom is 0.613 e. The van der Waals surface area contributed by atoms with E-state index in [9.17, 15) is 9.36 Å². The fourth-order valence-electron chi connectivity index (χ4n) is 2.92. The summed E-state index contributed by atoms with van der Waals surface area (Å²) in [4.78, 5) is 24.0. The first-order chi connectivity index (χ1) is 13.8. The second kappa shape index (κ2) is 9.14. The van der Waals surface area contributed by atoms with Crippen LogP contribution in [0.4, 0.5) is 11.8 Å². The van der Waals surface area contributed by atoms with Gasteiger partial charge in [0.05, 0.1) is 24.9 Å². The standard InChI is InChI=1S/C15H22ClN7O5P/c1-7(14(24)26-3)22-29(25)27-5-8-4-9(16)13(28-8)23-6-19-10-11(18-2)20-15(17)21-12(10)23/h6-9,13H,4-5H2,1-3H3,(H,22,25)(H3,17,18,20,21)/q+1. The summed E-state index contributed by atoms with van der Waals surface area (Å²) in [7, 11) is 0.683. The van der Waals surface area contributed by atoms with Crippen molar-refractivity contribution in [3.8, 4) is 0 Å². The molecule has 5 atom stereocenters. The number of imidazole rings is 1. The second-order valence-corrected chi connectivity index (χ2v) is 7.92. The molecule has 0 saturated carbocycles. The summed E-state index contributed by atoms with van der Waals surface area (Å²) in [6.07, 6.45) is 1.05. The molecule has 0 aromatic carbocycles. The zero-order valence-electron chi connectivity index (χ0n) is 16.0. The molecule has 1 fully saturated rings. The van der Waals surface area contributed by atoms with Crippen LogP contribution in [0.25, 0.3) is 11.2 Å². The van der Waals surface area contributed by atoms with E-state index in [0.29, 0.717) is 23.4 Å². The molecular weight excluding hydrogens is 425 g/mol. The fraction of sp³-hybridized carbons (Fsp3) is 0.600. The highest BCUT2D eigenvalue weighted by Crippen LogP contribution is 2.36. The molecule has 12 nitrogen and oxygen atoms in total. The monoisotopic (exact) mass is 446 g/mol. The minimum atomic E-state index is -2.28. The van der Waals surface area contributed by atoms with Gasteiger partial charge in [-0.05, 0) is 17.9 Å². The van der Waals surface area contributed by atoms with Gasteiger partial charge in [-0.2, -0.15) is 9.97 Å². The number of nitrogens with zero attached hydrogens (tertiary/aromatic N) is 4. The summed E-state index contributed by atoms with van der Waals surface area (Å²) in [5.41, 5.74) is 6.80. The van der Waals surface area contributed by atoms with Crippen LogP contribution in [0.5, 0.6) is 0 Å². The van der Waals surface area contributed by atoms with Gasteiger partial charge in [-0.15, -0.1) is 16.1 Å². The Bertz CT molecular complexity index is 913. The predicted octanol–water partition coefficient (Wildman–Crippen LogP) is 1.17. The molecule has 3 rings (SSSR count). The number of nitrogen functional groups attached to an aromatic ring is 1. The van der Waals surface area contributed by atoms with Crippen molar-refractivity contribution in [2.75, 3.05) is 31.8 Å². The predicted molar refractivity (Wildman–Crippen MR) is 106 cm³/mol. The van der Waals surface area contributed by atoms with Gasteiger partial charge in [0.2, 0.25) is 5.95 Å². The summed E-state index contributed by atoms with van der Waals surface area (Å²) < 4.78 is 29.4. The van der Waals surface area contributed by atoms with Gasteiger partial charge in [-0.1, -0.05) is 5.09 Å². The molecule has 1 aliphatic heterocycles. The number of fused-ring (bicyclic) bond motifs is 1. The third-order valence-corrected chi connectivity index (χ3v) is 5.69. The van der Waals surface area contributed by atoms with E-state index < -0.39 is 37.9 Å². The second-order valence-electron chi connectivity index (χ2n) is 6.33. The molecule has 0 aliphatic carbocycles. The Kier molecular flexibility index (Phi) is 6.81. The minimum Gasteiger partial charge on any atom is -0.468 e. The lowest BCUT2D eigenvalue weighted by atomic mass is 10.2. The van der Waals surface area contributed by atoms with Gasteiger partial charge in [0.1, 0.15) is 12.6 Å². The van der Waals surface area contributed by atoms with Crippen molar-refractivity contribution in [1.82, 2.24) is 24.6 Å². The van der Waals surface area contributed by atoms with Gasteiger partial charge in [0.25, 0.3) is 0 Å². The van der Waals surface area contributed by atoms with Gasteiger partial charge in [-0.3, -0.25) is 9.36 Å². The molecule has 0 spiro atoms. The largest absolute Gasteiger partial charge is 0.613 e. The highest BCUT2D eigenvalue weighted by atomic mass is 35.5. The molecule has 5 unspecified atom stereocenters. The van der Waals surface area contributed by atoms with Crippen LogP contribution in [0.1, 0.15) is 19.6 Å². The molecule has 1 saturated heterocycles. The number of halogens is 1. The lowest BCUT2D eigenvalue weighted by Crippen LogP contribution is -2.30. The summed E-state index contributed by atoms with van der Waals surface area (Å²) in [5, 5.41) is 5.05. The summed E-state index contributed by atoms with van der Waals surface area (Å²) in [6, 6.07) is -0.759. The van der Waals surface area contributed by atoms with E-state index in [1.165, 1.54) is 14.0 Å². The van der Waals surface area contributed by atoms with E-state index in [2.05, 4.69) is 30.1 Å². The topological polar surface area (TPSA) is 156 Å². The average molecular weight is 447 g/mol. The van der Waals surface area contributed by atoms with Crippen molar-refractivity contribution in [2.45, 2.75) is 37.1 Å². The van der Waals surface area contributed by atoms with Crippen molar-refractivity contribution in [2.24, 2.45) is 0 Å². The molecule has 1 aliphatic rings. The van der Waals surface area contributed by atoms with E-state index >= 15 is 0 Å². The van der Waals surface area contributed by atoms with Crippen LogP contribution in [0.2, 0.25) is 0 Å². The Morgan fingerprint density at radius 1 is 1.55 bits per heavy atom. The maximum atomic E-state index is 12.0. The first-order valence-corrected chi connectivity index (χ1v) is 10.4. The minimum absolute atomic E-state index is 0.0291. The number of aromatic nitrogens is 4. The first kappa shape index (κ1) is 21.6. The Balaban J connectivity index is 1.64. The van der Waals surface area contributed by atoms with E-state index in [-0.39, 0.29) is 12.6 Å². The number of rotatable bonds is 8. The number of carbonyl (C=O) groups excluding carboxylic acids is 1. The molecular formula is C15H22ClN7O5P+. The van der Waals surface area contributed by atoms with Crippen molar-refractivity contribution in [1.29, 1.82) is 0 Å². The number of nitrogens with one attached hydrogen (secondary N) is 2. The molecule has 2 aromatic heterocycles. The molecule has 2 aromatic rings.